The highest BCUT2D eigenvalue weighted by atomic mass is 35.5. The van der Waals surface area contributed by atoms with E-state index in [1.165, 1.54) is 23.1 Å². The molecule has 2 saturated heterocycles. The standard InChI is InChI=1S/C31H37ClF2N2O4/c1-31(2,3)40-30(38)27-7-5-13-36(27)29(37)24-15-23(19-8-9-19)28(16-26(24)34)39-22-6-4-12-35(18-22)17-20-10-11-21(33)14-25(20)32/h10-11,14-16,19,22,27H,4-9,12-13,17-18H2,1-3H3. The fourth-order valence-electron chi connectivity index (χ4n) is 5.65. The van der Waals surface area contributed by atoms with E-state index in [9.17, 15) is 14.0 Å². The minimum absolute atomic E-state index is 0.0269. The van der Waals surface area contributed by atoms with Crippen molar-refractivity contribution in [1.82, 2.24) is 9.80 Å². The Labute approximate surface area is 239 Å². The lowest BCUT2D eigenvalue weighted by Crippen LogP contribution is -2.43. The number of rotatable bonds is 7. The molecule has 2 aromatic carbocycles. The van der Waals surface area contributed by atoms with Crippen LogP contribution in [0, 0.1) is 11.6 Å². The van der Waals surface area contributed by atoms with Crippen LogP contribution >= 0.6 is 11.6 Å². The van der Waals surface area contributed by atoms with Gasteiger partial charge in [-0.05, 0) is 101 Å². The first-order chi connectivity index (χ1) is 19.0. The zero-order valence-corrected chi connectivity index (χ0v) is 24.1. The maximum Gasteiger partial charge on any atom is 0.329 e. The van der Waals surface area contributed by atoms with Crippen LogP contribution in [0.3, 0.4) is 0 Å². The molecule has 3 aliphatic rings. The number of piperidine rings is 1. The van der Waals surface area contributed by atoms with Gasteiger partial charge >= 0.3 is 5.97 Å². The zero-order valence-electron chi connectivity index (χ0n) is 23.4. The number of hydrogen-bond acceptors (Lipinski definition) is 5. The van der Waals surface area contributed by atoms with Gasteiger partial charge in [0.25, 0.3) is 5.91 Å². The van der Waals surface area contributed by atoms with Gasteiger partial charge in [-0.25, -0.2) is 13.6 Å². The van der Waals surface area contributed by atoms with E-state index < -0.39 is 29.3 Å². The minimum Gasteiger partial charge on any atom is -0.489 e. The molecule has 0 N–H and O–H groups in total. The van der Waals surface area contributed by atoms with Crippen LogP contribution in [-0.4, -0.2) is 59.1 Å². The average molecular weight is 575 g/mol. The Hall–Kier alpha value is -2.71. The number of hydrogen-bond donors (Lipinski definition) is 0. The predicted octanol–water partition coefficient (Wildman–Crippen LogP) is 6.49. The molecule has 0 aromatic heterocycles. The number of esters is 1. The monoisotopic (exact) mass is 574 g/mol. The number of benzene rings is 2. The predicted molar refractivity (Wildman–Crippen MR) is 149 cm³/mol. The van der Waals surface area contributed by atoms with Crippen molar-refractivity contribution < 1.29 is 27.8 Å². The first-order valence-corrected chi connectivity index (χ1v) is 14.6. The molecule has 2 aliphatic heterocycles. The lowest BCUT2D eigenvalue weighted by atomic mass is 10.0. The Morgan fingerprint density at radius 2 is 1.77 bits per heavy atom. The number of amides is 1. The second-order valence-corrected chi connectivity index (χ2v) is 12.6. The Morgan fingerprint density at radius 3 is 2.48 bits per heavy atom. The molecule has 1 aliphatic carbocycles. The maximum absolute atomic E-state index is 15.5. The van der Waals surface area contributed by atoms with Crippen molar-refractivity contribution >= 4 is 23.5 Å². The molecule has 40 heavy (non-hydrogen) atoms. The van der Waals surface area contributed by atoms with Gasteiger partial charge in [0.1, 0.15) is 35.1 Å². The minimum atomic E-state index is -0.714. The summed E-state index contributed by atoms with van der Waals surface area (Å²) in [5, 5.41) is 0.397. The van der Waals surface area contributed by atoms with E-state index in [1.54, 1.807) is 32.9 Å². The van der Waals surface area contributed by atoms with Gasteiger partial charge < -0.3 is 14.4 Å². The topological polar surface area (TPSA) is 59.1 Å². The molecule has 0 bridgehead atoms. The number of carbonyl (C=O) groups excluding carboxylic acids is 2. The number of ether oxygens (including phenoxy) is 2. The highest BCUT2D eigenvalue weighted by Crippen LogP contribution is 2.46. The molecule has 3 fully saturated rings. The number of likely N-dealkylation sites (tertiary alicyclic amines) is 2. The second kappa shape index (κ2) is 11.6. The van der Waals surface area contributed by atoms with Crippen LogP contribution in [0.1, 0.15) is 86.7 Å². The fraction of sp³-hybridized carbons (Fsp3) is 0.548. The van der Waals surface area contributed by atoms with Crippen LogP contribution < -0.4 is 4.74 Å². The number of halogens is 3. The summed E-state index contributed by atoms with van der Waals surface area (Å²) in [4.78, 5) is 29.9. The molecule has 2 atom stereocenters. The van der Waals surface area contributed by atoms with Crippen LogP contribution in [0.5, 0.6) is 5.75 Å². The number of nitrogens with zero attached hydrogens (tertiary/aromatic N) is 2. The molecule has 2 aromatic rings. The van der Waals surface area contributed by atoms with Crippen molar-refractivity contribution in [2.24, 2.45) is 0 Å². The first-order valence-electron chi connectivity index (χ1n) is 14.2. The van der Waals surface area contributed by atoms with Crippen molar-refractivity contribution in [3.63, 3.8) is 0 Å². The molecule has 5 rings (SSSR count). The van der Waals surface area contributed by atoms with Gasteiger partial charge in [0, 0.05) is 30.7 Å². The van der Waals surface area contributed by atoms with Crippen molar-refractivity contribution in [3.05, 3.63) is 63.7 Å². The Kier molecular flexibility index (Phi) is 8.39. The van der Waals surface area contributed by atoms with E-state index in [0.717, 1.165) is 43.4 Å². The SMILES string of the molecule is CC(C)(C)OC(=O)C1CCCN1C(=O)c1cc(C2CC2)c(OC2CCCN(Cc3ccc(F)cc3Cl)C2)cc1F. The maximum atomic E-state index is 15.5. The Morgan fingerprint density at radius 1 is 1.02 bits per heavy atom. The Balaban J connectivity index is 1.31. The normalized spacial score (nSPS) is 21.9. The van der Waals surface area contributed by atoms with Crippen LogP contribution in [-0.2, 0) is 16.1 Å². The molecule has 0 radical (unpaired) electrons. The lowest BCUT2D eigenvalue weighted by molar-refractivity contribution is -0.159. The van der Waals surface area contributed by atoms with Gasteiger partial charge in [0.15, 0.2) is 0 Å². The number of carbonyl (C=O) groups is 2. The highest BCUT2D eigenvalue weighted by Gasteiger charge is 2.39. The van der Waals surface area contributed by atoms with Crippen molar-refractivity contribution in [1.29, 1.82) is 0 Å². The van der Waals surface area contributed by atoms with E-state index in [4.69, 9.17) is 21.1 Å². The molecule has 6 nitrogen and oxygen atoms in total. The third-order valence-electron chi connectivity index (χ3n) is 7.70. The summed E-state index contributed by atoms with van der Waals surface area (Å²) < 4.78 is 40.9. The van der Waals surface area contributed by atoms with Gasteiger partial charge in [-0.2, -0.15) is 0 Å². The molecule has 9 heteroatoms. The molecular formula is C31H37ClF2N2O4. The van der Waals surface area contributed by atoms with E-state index in [0.29, 0.717) is 43.2 Å². The van der Waals surface area contributed by atoms with E-state index in [-0.39, 0.29) is 23.4 Å². The molecule has 1 amide bonds. The van der Waals surface area contributed by atoms with Crippen LogP contribution in [0.2, 0.25) is 5.02 Å². The first kappa shape index (κ1) is 28.8. The van der Waals surface area contributed by atoms with Gasteiger partial charge in [-0.15, -0.1) is 0 Å². The summed E-state index contributed by atoms with van der Waals surface area (Å²) >= 11 is 6.24. The molecular weight excluding hydrogens is 538 g/mol. The summed E-state index contributed by atoms with van der Waals surface area (Å²) in [5.74, 6) is -1.25. The largest absolute Gasteiger partial charge is 0.489 e. The Bertz CT molecular complexity index is 1280. The molecule has 1 saturated carbocycles. The van der Waals surface area contributed by atoms with Crippen molar-refractivity contribution in [2.45, 2.75) is 89.5 Å². The van der Waals surface area contributed by atoms with E-state index in [2.05, 4.69) is 4.90 Å². The third kappa shape index (κ3) is 6.77. The van der Waals surface area contributed by atoms with Gasteiger partial charge in [-0.3, -0.25) is 9.69 Å². The molecule has 2 unspecified atom stereocenters. The molecule has 2 heterocycles. The van der Waals surface area contributed by atoms with Gasteiger partial charge in [0.2, 0.25) is 0 Å². The van der Waals surface area contributed by atoms with E-state index in [1.807, 2.05) is 0 Å². The molecule has 0 spiro atoms. The lowest BCUT2D eigenvalue weighted by Gasteiger charge is -2.33. The highest BCUT2D eigenvalue weighted by molar-refractivity contribution is 6.31. The van der Waals surface area contributed by atoms with Crippen LogP contribution in [0.4, 0.5) is 8.78 Å². The second-order valence-electron chi connectivity index (χ2n) is 12.2. The summed E-state index contributed by atoms with van der Waals surface area (Å²) in [6.45, 7) is 7.81. The fourth-order valence-corrected chi connectivity index (χ4v) is 5.88. The van der Waals surface area contributed by atoms with Crippen molar-refractivity contribution in [2.75, 3.05) is 19.6 Å². The summed E-state index contributed by atoms with van der Waals surface area (Å²) in [6.07, 6.45) is 4.66. The summed E-state index contributed by atoms with van der Waals surface area (Å²) in [6, 6.07) is 6.69. The van der Waals surface area contributed by atoms with Crippen molar-refractivity contribution in [3.8, 4) is 5.75 Å². The van der Waals surface area contributed by atoms with Crippen LogP contribution in [0.25, 0.3) is 0 Å². The van der Waals surface area contributed by atoms with Gasteiger partial charge in [-0.1, -0.05) is 17.7 Å². The third-order valence-corrected chi connectivity index (χ3v) is 8.06. The summed E-state index contributed by atoms with van der Waals surface area (Å²) in [7, 11) is 0. The smallest absolute Gasteiger partial charge is 0.329 e. The van der Waals surface area contributed by atoms with Crippen LogP contribution in [0.15, 0.2) is 30.3 Å². The average Bonchev–Trinajstić information content (AvgIpc) is 3.59. The quantitative estimate of drug-likeness (QED) is 0.354. The summed E-state index contributed by atoms with van der Waals surface area (Å²) in [5.41, 5.74) is 0.998. The molecule has 216 valence electrons. The van der Waals surface area contributed by atoms with E-state index >= 15 is 4.39 Å². The zero-order chi connectivity index (χ0) is 28.6. The van der Waals surface area contributed by atoms with Gasteiger partial charge in [0.05, 0.1) is 5.56 Å².